The predicted molar refractivity (Wildman–Crippen MR) is 97.7 cm³/mol. The number of amides is 1. The van der Waals surface area contributed by atoms with Gasteiger partial charge in [-0.3, -0.25) is 9.78 Å². The Bertz CT molecular complexity index is 758. The summed E-state index contributed by atoms with van der Waals surface area (Å²) in [7, 11) is 0. The highest BCUT2D eigenvalue weighted by Gasteiger charge is 2.41. The minimum atomic E-state index is -1.07. The van der Waals surface area contributed by atoms with Crippen LogP contribution in [-0.4, -0.2) is 50.2 Å². The normalized spacial score (nSPS) is 24.7. The fraction of sp³-hybridized carbons (Fsp3) is 0.632. The first-order valence-corrected chi connectivity index (χ1v) is 9.77. The summed E-state index contributed by atoms with van der Waals surface area (Å²) >= 11 is 0. The van der Waals surface area contributed by atoms with Crippen LogP contribution in [0, 0.1) is 11.8 Å². The van der Waals surface area contributed by atoms with Crippen LogP contribution in [0.3, 0.4) is 0 Å². The first kappa shape index (κ1) is 18.3. The van der Waals surface area contributed by atoms with E-state index in [0.717, 1.165) is 30.3 Å². The van der Waals surface area contributed by atoms with Crippen LogP contribution in [0.4, 0.5) is 4.39 Å². The van der Waals surface area contributed by atoms with E-state index in [1.807, 2.05) is 0 Å². The highest BCUT2D eigenvalue weighted by molar-refractivity contribution is 5.80. The summed E-state index contributed by atoms with van der Waals surface area (Å²) in [5.41, 5.74) is 3.70. The number of nitrogens with one attached hydrogen (secondary N) is 2. The molecule has 0 unspecified atom stereocenters. The molecule has 0 spiro atoms. The number of rotatable bonds is 6. The van der Waals surface area contributed by atoms with E-state index in [9.17, 15) is 14.4 Å². The minimum absolute atomic E-state index is 0.0748. The summed E-state index contributed by atoms with van der Waals surface area (Å²) in [6.07, 6.45) is 7.89. The summed E-state index contributed by atoms with van der Waals surface area (Å²) in [5, 5.41) is 9.21. The van der Waals surface area contributed by atoms with Crippen molar-refractivity contribution in [3.63, 3.8) is 0 Å². The predicted octanol–water partition coefficient (Wildman–Crippen LogP) is 2.74. The number of nitrogens with zero attached hydrogens (tertiary/aromatic N) is 3. The second kappa shape index (κ2) is 7.90. The van der Waals surface area contributed by atoms with E-state index in [4.69, 9.17) is 0 Å². The van der Waals surface area contributed by atoms with Gasteiger partial charge >= 0.3 is 0 Å². The Morgan fingerprint density at radius 1 is 1.44 bits per heavy atom. The van der Waals surface area contributed by atoms with Crippen molar-refractivity contribution in [3.05, 3.63) is 24.3 Å². The Morgan fingerprint density at radius 2 is 2.26 bits per heavy atom. The van der Waals surface area contributed by atoms with Crippen molar-refractivity contribution in [3.8, 4) is 0 Å². The Morgan fingerprint density at radius 3 is 3.00 bits per heavy atom. The Balaban J connectivity index is 1.55. The number of hydroxylamine groups is 1. The van der Waals surface area contributed by atoms with Gasteiger partial charge in [0.25, 0.3) is 0 Å². The first-order chi connectivity index (χ1) is 13.2. The summed E-state index contributed by atoms with van der Waals surface area (Å²) in [6, 6.07) is 1.38. The smallest absolute Gasteiger partial charge is 0.227 e. The topological polar surface area (TPSA) is 94.1 Å². The maximum Gasteiger partial charge on any atom is 0.227 e. The highest BCUT2D eigenvalue weighted by atomic mass is 19.1. The molecule has 2 aromatic heterocycles. The standard InChI is InChI=1S/C19H26FN5O2/c20-14-8-17(18-23-15-5-6-21-10-16(15)24-18)25(11-14)19(26)13(9-22-27)7-12-3-1-2-4-12/h5-6,10,12-14,17,22,27H,1-4,7-9,11H2,(H,23,24)/t13-,14-,17+/m1/s1. The van der Waals surface area contributed by atoms with Gasteiger partial charge < -0.3 is 15.1 Å². The second-order valence-electron chi connectivity index (χ2n) is 7.80. The molecule has 1 saturated heterocycles. The average Bonchev–Trinajstić information content (AvgIpc) is 3.39. The Hall–Kier alpha value is -2.06. The molecule has 3 heterocycles. The molecule has 2 fully saturated rings. The van der Waals surface area contributed by atoms with Crippen LogP contribution in [0.5, 0.6) is 0 Å². The molecule has 3 N–H and O–H groups in total. The average molecular weight is 375 g/mol. The Labute approximate surface area is 157 Å². The van der Waals surface area contributed by atoms with Gasteiger partial charge in [-0.1, -0.05) is 25.7 Å². The number of hydrogen-bond donors (Lipinski definition) is 3. The highest BCUT2D eigenvalue weighted by Crippen LogP contribution is 2.36. The van der Waals surface area contributed by atoms with E-state index in [-0.39, 0.29) is 31.3 Å². The molecule has 0 aromatic carbocycles. The van der Waals surface area contributed by atoms with Gasteiger partial charge in [-0.2, -0.15) is 0 Å². The summed E-state index contributed by atoms with van der Waals surface area (Å²) < 4.78 is 14.3. The number of likely N-dealkylation sites (tertiary alicyclic amines) is 1. The molecule has 4 rings (SSSR count). The Kier molecular flexibility index (Phi) is 5.36. The van der Waals surface area contributed by atoms with Gasteiger partial charge in [0, 0.05) is 19.2 Å². The zero-order chi connectivity index (χ0) is 18.8. The number of halogens is 1. The van der Waals surface area contributed by atoms with Gasteiger partial charge in [0.05, 0.1) is 35.7 Å². The van der Waals surface area contributed by atoms with E-state index >= 15 is 0 Å². The quantitative estimate of drug-likeness (QED) is 0.675. The maximum absolute atomic E-state index is 14.3. The van der Waals surface area contributed by atoms with Crippen molar-refractivity contribution in [2.24, 2.45) is 11.8 Å². The van der Waals surface area contributed by atoms with Gasteiger partial charge in [-0.15, -0.1) is 0 Å². The number of carbonyl (C=O) groups is 1. The first-order valence-electron chi connectivity index (χ1n) is 9.77. The number of carbonyl (C=O) groups excluding carboxylic acids is 1. The van der Waals surface area contributed by atoms with Gasteiger partial charge in [0.2, 0.25) is 5.91 Å². The molecule has 7 nitrogen and oxygen atoms in total. The monoisotopic (exact) mass is 375 g/mol. The molecule has 1 aliphatic heterocycles. The van der Waals surface area contributed by atoms with E-state index in [1.165, 1.54) is 12.8 Å². The molecule has 0 radical (unpaired) electrons. The molecule has 0 bridgehead atoms. The molecule has 146 valence electrons. The largest absolute Gasteiger partial charge is 0.339 e. The van der Waals surface area contributed by atoms with Crippen LogP contribution in [-0.2, 0) is 4.79 Å². The summed E-state index contributed by atoms with van der Waals surface area (Å²) in [5.74, 6) is 0.652. The van der Waals surface area contributed by atoms with E-state index < -0.39 is 12.2 Å². The number of fused-ring (bicyclic) bond motifs is 1. The molecule has 2 aromatic rings. The third-order valence-corrected chi connectivity index (χ3v) is 5.93. The number of aromatic amines is 1. The van der Waals surface area contributed by atoms with Gasteiger partial charge in [-0.05, 0) is 18.4 Å². The van der Waals surface area contributed by atoms with Crippen molar-refractivity contribution in [1.29, 1.82) is 0 Å². The third kappa shape index (κ3) is 3.82. The summed E-state index contributed by atoms with van der Waals surface area (Å²) in [4.78, 5) is 26.6. The van der Waals surface area contributed by atoms with E-state index in [1.54, 1.807) is 23.4 Å². The van der Waals surface area contributed by atoms with Crippen molar-refractivity contribution in [2.75, 3.05) is 13.1 Å². The number of H-pyrrole nitrogens is 1. The van der Waals surface area contributed by atoms with Crippen LogP contribution in [0.1, 0.15) is 50.4 Å². The molecular weight excluding hydrogens is 349 g/mol. The van der Waals surface area contributed by atoms with Crippen molar-refractivity contribution < 1.29 is 14.4 Å². The van der Waals surface area contributed by atoms with Crippen molar-refractivity contribution >= 4 is 16.9 Å². The molecule has 2 aliphatic rings. The molecule has 8 heteroatoms. The minimum Gasteiger partial charge on any atom is -0.339 e. The number of imidazole rings is 1. The van der Waals surface area contributed by atoms with Crippen LogP contribution in [0.25, 0.3) is 11.0 Å². The number of aromatic nitrogens is 3. The maximum atomic E-state index is 14.3. The second-order valence-corrected chi connectivity index (χ2v) is 7.80. The SMILES string of the molecule is O=C([C@@H](CNO)CC1CCCC1)N1C[C@H](F)C[C@H]1c1nc2ccncc2[nH]1. The molecule has 1 amide bonds. The number of pyridine rings is 1. The van der Waals surface area contributed by atoms with E-state index in [2.05, 4.69) is 20.4 Å². The molecule has 3 atom stereocenters. The lowest BCUT2D eigenvalue weighted by Crippen LogP contribution is -2.41. The number of alkyl halides is 1. The van der Waals surface area contributed by atoms with Gasteiger partial charge in [0.1, 0.15) is 12.0 Å². The zero-order valence-corrected chi connectivity index (χ0v) is 15.3. The lowest BCUT2D eigenvalue weighted by atomic mass is 9.92. The lowest BCUT2D eigenvalue weighted by molar-refractivity contribution is -0.138. The fourth-order valence-electron chi connectivity index (χ4n) is 4.59. The van der Waals surface area contributed by atoms with E-state index in [0.29, 0.717) is 11.7 Å². The lowest BCUT2D eigenvalue weighted by Gasteiger charge is -2.28. The zero-order valence-electron chi connectivity index (χ0n) is 15.3. The third-order valence-electron chi connectivity index (χ3n) is 5.93. The van der Waals surface area contributed by atoms with Crippen molar-refractivity contribution in [1.82, 2.24) is 25.3 Å². The van der Waals surface area contributed by atoms with Crippen LogP contribution in [0.2, 0.25) is 0 Å². The molecular formula is C19H26FN5O2. The van der Waals surface area contributed by atoms with Crippen LogP contribution in [0.15, 0.2) is 18.5 Å². The summed E-state index contributed by atoms with van der Waals surface area (Å²) in [6.45, 7) is 0.269. The number of hydrogen-bond acceptors (Lipinski definition) is 5. The van der Waals surface area contributed by atoms with Crippen LogP contribution < -0.4 is 5.48 Å². The molecule has 1 saturated carbocycles. The van der Waals surface area contributed by atoms with Crippen molar-refractivity contribution in [2.45, 2.75) is 50.7 Å². The van der Waals surface area contributed by atoms with Gasteiger partial charge in [-0.25, -0.2) is 14.9 Å². The fourth-order valence-corrected chi connectivity index (χ4v) is 4.59. The van der Waals surface area contributed by atoms with Gasteiger partial charge in [0.15, 0.2) is 0 Å². The molecule has 27 heavy (non-hydrogen) atoms. The molecule has 1 aliphatic carbocycles. The van der Waals surface area contributed by atoms with Crippen LogP contribution >= 0.6 is 0 Å².